The van der Waals surface area contributed by atoms with Gasteiger partial charge in [0.05, 0.1) is 82.1 Å². The summed E-state index contributed by atoms with van der Waals surface area (Å²) in [6.07, 6.45) is 20.1. The maximum atomic E-state index is 13.6. The van der Waals surface area contributed by atoms with Gasteiger partial charge in [-0.2, -0.15) is 9.97 Å². The molecule has 0 aliphatic carbocycles. The predicted molar refractivity (Wildman–Crippen MR) is 444 cm³/mol. The Kier molecular flexibility index (Phi) is 36.0. The van der Waals surface area contributed by atoms with Crippen molar-refractivity contribution in [3.8, 4) is 57.8 Å². The third-order valence-electron chi connectivity index (χ3n) is 19.0. The van der Waals surface area contributed by atoms with Crippen LogP contribution in [0.3, 0.4) is 0 Å². The number of rotatable bonds is 19. The van der Waals surface area contributed by atoms with Gasteiger partial charge < -0.3 is 76.1 Å². The van der Waals surface area contributed by atoms with Crippen LogP contribution in [0.2, 0.25) is 19.6 Å². The van der Waals surface area contributed by atoms with Crippen LogP contribution < -0.4 is 159 Å². The summed E-state index contributed by atoms with van der Waals surface area (Å²) in [4.78, 5) is 62.9. The number of aryl methyl sites for hydroxylation is 2. The van der Waals surface area contributed by atoms with Gasteiger partial charge in [0, 0.05) is 155 Å². The molecule has 0 saturated carbocycles. The first-order chi connectivity index (χ1) is 51.6. The first-order valence-corrected chi connectivity index (χ1v) is 46.0. The summed E-state index contributed by atoms with van der Waals surface area (Å²) in [5.41, 5.74) is 15.0. The van der Waals surface area contributed by atoms with E-state index in [-0.39, 0.29) is 111 Å². The van der Waals surface area contributed by atoms with E-state index < -0.39 is 22.4 Å². The van der Waals surface area contributed by atoms with Crippen molar-refractivity contribution in [2.75, 3.05) is 172 Å². The number of likely N-dealkylation sites (N-methyl/N-ethyl adjacent to an activating group) is 2. The van der Waals surface area contributed by atoms with Gasteiger partial charge in [-0.25, -0.2) is 19.9 Å². The summed E-state index contributed by atoms with van der Waals surface area (Å²) in [6.45, 7) is 31.0. The third-order valence-corrected chi connectivity index (χ3v) is 24.1. The molecule has 576 valence electrons. The molecule has 8 aromatic rings. The quantitative estimate of drug-likeness (QED) is 0.0171. The van der Waals surface area contributed by atoms with Crippen LogP contribution in [0.4, 0.5) is 57.7 Å². The standard InChI is InChI=1S/C39H51BrN9O2PSi.C36H43BrN9O2P.CH2O3.CH4O.2K.H/c1-27-21-33(36(51-3)23-35(27)49-14-11-30(12-15-49)48-18-16-47(2)17-19-48)45-39-43-25-31(40)38(46-39)44-32-10-9-28(22-37(32)52(4,5)50)34-26-41-29(24-42-34)13-20-53(6,7)8;1-7-26-21-39-31(23-38-26)25-8-9-29(34(19-25)49(5,6)47)41-35-28(37)22-40-36(43-35)42-30-18-24(2)32(20-33(30)48-4)46-12-10-27(11-13-46)45-16-14-44(3)15-17-45;2-1-4-3;1-2;;;/h9-10,21-26,30H,11-12,14-19H2,1-8H3,(H2,43,44,45,46);1,8-9,18-23,27H,10-17H2,2-6H3,(H2,40,41,42,43);1,3H;2H,1H3;;;/q;;;;2*+1;-1/p-1. The molecule has 4 fully saturated rings. The third kappa shape index (κ3) is 25.7. The molecule has 4 saturated heterocycles. The van der Waals surface area contributed by atoms with Crippen molar-refractivity contribution < 1.29 is 143 Å². The molecule has 110 heavy (non-hydrogen) atoms. The summed E-state index contributed by atoms with van der Waals surface area (Å²) in [6, 6.07) is 21.2. The van der Waals surface area contributed by atoms with Gasteiger partial charge in [-0.3, -0.25) is 24.6 Å². The van der Waals surface area contributed by atoms with Gasteiger partial charge in [-0.15, -0.1) is 12.0 Å². The molecular weight excluding hydrogens is 1630 g/mol. The molecule has 26 nitrogen and oxygen atoms in total. The van der Waals surface area contributed by atoms with Crippen LogP contribution >= 0.6 is 46.1 Å². The second-order valence-corrected chi connectivity index (χ2v) is 41.5. The molecule has 0 bridgehead atoms. The number of halogens is 2. The van der Waals surface area contributed by atoms with E-state index >= 15 is 0 Å². The summed E-state index contributed by atoms with van der Waals surface area (Å²) < 4.78 is 40.1. The molecule has 0 radical (unpaired) electrons. The van der Waals surface area contributed by atoms with Crippen LogP contribution in [-0.4, -0.2) is 232 Å². The number of ether oxygens (including phenoxy) is 2. The first kappa shape index (κ1) is 92.0. The minimum Gasteiger partial charge on any atom is -1.00 e. The fraction of sp³-hybridized carbons (Fsp3) is 0.416. The Morgan fingerprint density at radius 2 is 0.945 bits per heavy atom. The van der Waals surface area contributed by atoms with E-state index in [1.165, 1.54) is 24.2 Å². The predicted octanol–water partition coefficient (Wildman–Crippen LogP) is 5.30. The number of aliphatic hydroxyl groups is 1. The summed E-state index contributed by atoms with van der Waals surface area (Å²) in [5.74, 6) is 8.92. The zero-order chi connectivity index (χ0) is 78.0. The van der Waals surface area contributed by atoms with E-state index in [9.17, 15) is 9.13 Å². The zero-order valence-corrected chi connectivity index (χ0v) is 78.3. The number of carbonyl (C=O) groups is 1. The Balaban J connectivity index is 0.000000316. The van der Waals surface area contributed by atoms with Gasteiger partial charge in [-0.05, 0) is 166 Å². The molecule has 0 unspecified atom stereocenters. The number of benzene rings is 4. The molecule has 4 aliphatic rings. The van der Waals surface area contributed by atoms with Crippen molar-refractivity contribution in [1.29, 1.82) is 0 Å². The van der Waals surface area contributed by atoms with Crippen molar-refractivity contribution in [2.24, 2.45) is 0 Å². The summed E-state index contributed by atoms with van der Waals surface area (Å²) in [5, 5.41) is 30.3. The average Bonchev–Trinajstić information content (AvgIpc) is 0.800. The topological polar surface area (TPSA) is 293 Å². The molecule has 5 N–H and O–H groups in total. The minimum absolute atomic E-state index is 0. The largest absolute Gasteiger partial charge is 1.00 e. The van der Waals surface area contributed by atoms with Crippen molar-refractivity contribution >= 4 is 129 Å². The van der Waals surface area contributed by atoms with E-state index in [1.54, 1.807) is 78.1 Å². The molecule has 12 rings (SSSR count). The number of methoxy groups -OCH3 is 2. The van der Waals surface area contributed by atoms with Crippen LogP contribution in [0, 0.1) is 37.7 Å². The normalized spacial score (nSPS) is 15.3. The number of terminal acetylenes is 1. The Morgan fingerprint density at radius 3 is 1.27 bits per heavy atom. The van der Waals surface area contributed by atoms with Gasteiger partial charge >= 0.3 is 103 Å². The molecule has 0 atom stereocenters. The average molecular weight is 1730 g/mol. The van der Waals surface area contributed by atoms with Crippen LogP contribution in [0.1, 0.15) is 49.6 Å². The number of carbonyl (C=O) groups excluding carboxylic acids is 1. The van der Waals surface area contributed by atoms with Crippen molar-refractivity contribution in [2.45, 2.75) is 71.3 Å². The molecule has 33 heteroatoms. The SMILES string of the molecule is C#Cc1cnc(-c2ccc(Nc3nc(Nc4cc(C)c(N5CCC(N6CCN(C)CC6)CC5)cc4OC)ncc3Br)c(P(C)(C)=O)c2)cn1.CO.COc1cc(N2CCC(N3CCN(C)CC3)CC2)c(C)cc1Nc1ncc(Br)c(Nc2ccc(-c3cnc(C#C[Si](C)(C)C)cn3)cc2P(C)(C)=O)n1.O=CO[O-].[H-].[K+].[K+]. The number of nitrogens with one attached hydrogen (secondary N) is 4. The monoisotopic (exact) mass is 1730 g/mol. The number of hydrogen-bond donors (Lipinski definition) is 5. The van der Waals surface area contributed by atoms with E-state index in [1.807, 2.05) is 36.4 Å². The number of piperidine rings is 2. The first-order valence-electron chi connectivity index (χ1n) is 35.7. The maximum absolute atomic E-state index is 13.6. The van der Waals surface area contributed by atoms with E-state index in [4.69, 9.17) is 41.0 Å². The number of anilines is 10. The fourth-order valence-electron chi connectivity index (χ4n) is 13.2. The molecule has 4 aliphatic heterocycles. The van der Waals surface area contributed by atoms with Crippen LogP contribution in [0.15, 0.2) is 107 Å². The summed E-state index contributed by atoms with van der Waals surface area (Å²) in [7, 11) is 1.81. The number of nitrogens with zero attached hydrogens (tertiary/aromatic N) is 14. The van der Waals surface area contributed by atoms with Gasteiger partial charge in [0.25, 0.3) is 6.47 Å². The van der Waals surface area contributed by atoms with Gasteiger partial charge in [0.1, 0.15) is 56.9 Å². The molecule has 0 amide bonds. The maximum Gasteiger partial charge on any atom is 1.00 e. The molecule has 8 heterocycles. The molecule has 4 aromatic carbocycles. The van der Waals surface area contributed by atoms with Crippen molar-refractivity contribution in [1.82, 2.24) is 59.5 Å². The van der Waals surface area contributed by atoms with E-state index in [2.05, 4.69) is 207 Å². The van der Waals surface area contributed by atoms with Crippen LogP contribution in [0.25, 0.3) is 22.5 Å². The molecule has 0 spiro atoms. The Labute approximate surface area is 752 Å². The fourth-order valence-corrected chi connectivity index (χ4v) is 16.6. The molecule has 4 aromatic heterocycles. The zero-order valence-electron chi connectivity index (χ0n) is 67.1. The number of piperazine rings is 2. The Hall–Kier alpha value is -5.14. The van der Waals surface area contributed by atoms with Gasteiger partial charge in [0.2, 0.25) is 11.9 Å². The van der Waals surface area contributed by atoms with Crippen LogP contribution in [0.5, 0.6) is 11.5 Å². The Bertz CT molecular complexity index is 4620. The second-order valence-electron chi connectivity index (χ2n) is 28.6. The summed E-state index contributed by atoms with van der Waals surface area (Å²) >= 11 is 7.19. The van der Waals surface area contributed by atoms with Crippen molar-refractivity contribution in [3.05, 3.63) is 129 Å². The van der Waals surface area contributed by atoms with Gasteiger partial charge in [0.15, 0.2) is 0 Å². The van der Waals surface area contributed by atoms with Gasteiger partial charge in [-0.1, -0.05) is 37.7 Å². The smallest absolute Gasteiger partial charge is 1.00 e. The Morgan fingerprint density at radius 1 is 0.564 bits per heavy atom. The second kappa shape index (κ2) is 43.0. The molecular formula is C77H100Br2K2N18O8P2Si. The number of hydrogen-bond acceptors (Lipinski definition) is 26. The van der Waals surface area contributed by atoms with Crippen molar-refractivity contribution in [3.63, 3.8) is 0 Å². The number of aliphatic hydroxyl groups excluding tert-OH is 1. The van der Waals surface area contributed by atoms with Crippen LogP contribution in [-0.2, 0) is 18.8 Å². The van der Waals surface area contributed by atoms with E-state index in [0.717, 1.165) is 144 Å². The minimum atomic E-state index is -2.73. The number of aromatic nitrogens is 8. The van der Waals surface area contributed by atoms with E-state index in [0.29, 0.717) is 89.3 Å².